The molecule has 1 heteroatoms. The van der Waals surface area contributed by atoms with Crippen LogP contribution < -0.4 is 0 Å². The summed E-state index contributed by atoms with van der Waals surface area (Å²) in [6.45, 7) is 4.56. The van der Waals surface area contributed by atoms with Crippen LogP contribution in [0, 0.1) is 11.8 Å². The maximum absolute atomic E-state index is 5.75. The van der Waals surface area contributed by atoms with Gasteiger partial charge in [0.2, 0.25) is 0 Å². The largest absolute Gasteiger partial charge is 0.381 e. The lowest BCUT2D eigenvalue weighted by Gasteiger charge is -2.22. The van der Waals surface area contributed by atoms with E-state index in [0.717, 1.165) is 11.8 Å². The van der Waals surface area contributed by atoms with Crippen molar-refractivity contribution in [3.05, 3.63) is 12.2 Å². The van der Waals surface area contributed by atoms with Gasteiger partial charge in [0.15, 0.2) is 0 Å². The summed E-state index contributed by atoms with van der Waals surface area (Å²) in [7, 11) is 1.91. The van der Waals surface area contributed by atoms with Crippen LogP contribution in [0.1, 0.15) is 97.3 Å². The highest BCUT2D eigenvalue weighted by Gasteiger charge is 2.27. The van der Waals surface area contributed by atoms with Crippen LogP contribution >= 0.6 is 0 Å². The van der Waals surface area contributed by atoms with E-state index in [-0.39, 0.29) is 0 Å². The molecule has 0 heterocycles. The molecule has 130 valence electrons. The van der Waals surface area contributed by atoms with Crippen molar-refractivity contribution in [2.24, 2.45) is 11.8 Å². The Morgan fingerprint density at radius 3 is 2.50 bits per heavy atom. The Labute approximate surface area is 139 Å². The van der Waals surface area contributed by atoms with Crippen LogP contribution in [0.15, 0.2) is 12.2 Å². The molecular formula is C21H40O. The maximum Gasteiger partial charge on any atom is 0.0574 e. The van der Waals surface area contributed by atoms with Gasteiger partial charge in [-0.25, -0.2) is 0 Å². The normalized spacial score (nSPS) is 23.4. The van der Waals surface area contributed by atoms with Crippen molar-refractivity contribution in [2.75, 3.05) is 7.11 Å². The van der Waals surface area contributed by atoms with Crippen LogP contribution in [0.5, 0.6) is 0 Å². The van der Waals surface area contributed by atoms with Crippen molar-refractivity contribution in [1.82, 2.24) is 0 Å². The van der Waals surface area contributed by atoms with Gasteiger partial charge in [0.1, 0.15) is 0 Å². The third kappa shape index (κ3) is 8.36. The Balaban J connectivity index is 2.27. The molecule has 3 atom stereocenters. The third-order valence-electron chi connectivity index (χ3n) is 5.35. The van der Waals surface area contributed by atoms with Gasteiger partial charge in [-0.15, -0.1) is 0 Å². The smallest absolute Gasteiger partial charge is 0.0574 e. The topological polar surface area (TPSA) is 9.23 Å². The van der Waals surface area contributed by atoms with E-state index in [1.54, 1.807) is 0 Å². The summed E-state index contributed by atoms with van der Waals surface area (Å²) in [6.07, 6.45) is 23.1. The molecule has 0 amide bonds. The van der Waals surface area contributed by atoms with Gasteiger partial charge in [-0.3, -0.25) is 0 Å². The Kier molecular flexibility index (Phi) is 11.8. The van der Waals surface area contributed by atoms with Crippen molar-refractivity contribution in [3.8, 4) is 0 Å². The Bertz CT molecular complexity index is 271. The molecule has 0 aromatic rings. The Morgan fingerprint density at radius 1 is 1.00 bits per heavy atom. The second-order valence-electron chi connectivity index (χ2n) is 7.22. The zero-order valence-corrected chi connectivity index (χ0v) is 15.5. The summed E-state index contributed by atoms with van der Waals surface area (Å²) in [5.41, 5.74) is 0. The fourth-order valence-corrected chi connectivity index (χ4v) is 3.86. The van der Waals surface area contributed by atoms with E-state index in [1.807, 2.05) is 7.11 Å². The molecule has 1 nitrogen and oxygen atoms in total. The molecule has 1 fully saturated rings. The second-order valence-corrected chi connectivity index (χ2v) is 7.22. The lowest BCUT2D eigenvalue weighted by molar-refractivity contribution is 0.0679. The van der Waals surface area contributed by atoms with Crippen LogP contribution in [0.4, 0.5) is 0 Å². The average molecular weight is 309 g/mol. The monoisotopic (exact) mass is 308 g/mol. The van der Waals surface area contributed by atoms with E-state index in [1.165, 1.54) is 83.5 Å². The number of rotatable bonds is 13. The highest BCUT2D eigenvalue weighted by molar-refractivity contribution is 4.95. The summed E-state index contributed by atoms with van der Waals surface area (Å²) in [5.74, 6) is 1.70. The van der Waals surface area contributed by atoms with Crippen molar-refractivity contribution in [2.45, 2.75) is 103 Å². The van der Waals surface area contributed by atoms with Gasteiger partial charge in [-0.05, 0) is 50.4 Å². The van der Waals surface area contributed by atoms with Crippen LogP contribution in [0.2, 0.25) is 0 Å². The van der Waals surface area contributed by atoms with Crippen LogP contribution in [0.25, 0.3) is 0 Å². The highest BCUT2D eigenvalue weighted by atomic mass is 16.5. The molecule has 0 aliphatic heterocycles. The number of hydrogen-bond acceptors (Lipinski definition) is 1. The first-order valence-corrected chi connectivity index (χ1v) is 10.0. The summed E-state index contributed by atoms with van der Waals surface area (Å²) >= 11 is 0. The summed E-state index contributed by atoms with van der Waals surface area (Å²) in [4.78, 5) is 0. The average Bonchev–Trinajstić information content (AvgIpc) is 2.97. The van der Waals surface area contributed by atoms with Crippen molar-refractivity contribution in [1.29, 1.82) is 0 Å². The molecule has 0 aromatic heterocycles. The minimum absolute atomic E-state index is 0.495. The van der Waals surface area contributed by atoms with Gasteiger partial charge >= 0.3 is 0 Å². The molecule has 0 saturated heterocycles. The second kappa shape index (κ2) is 13.2. The van der Waals surface area contributed by atoms with Gasteiger partial charge in [-0.2, -0.15) is 0 Å². The van der Waals surface area contributed by atoms with Crippen molar-refractivity contribution in [3.63, 3.8) is 0 Å². The van der Waals surface area contributed by atoms with Crippen molar-refractivity contribution < 1.29 is 4.74 Å². The molecule has 0 radical (unpaired) electrons. The molecular weight excluding hydrogens is 268 g/mol. The SMILES string of the molecule is CCCCCCC=C[C@H]1CCC[C@@H]1CC(CCCCC)OC. The number of hydrogen-bond donors (Lipinski definition) is 0. The van der Waals surface area contributed by atoms with E-state index < -0.39 is 0 Å². The predicted octanol–water partition coefficient (Wildman–Crippen LogP) is 6.91. The Hall–Kier alpha value is -0.300. The first kappa shape index (κ1) is 19.7. The summed E-state index contributed by atoms with van der Waals surface area (Å²) in [5, 5.41) is 0. The lowest BCUT2D eigenvalue weighted by Crippen LogP contribution is -2.18. The zero-order chi connectivity index (χ0) is 16.0. The first-order valence-electron chi connectivity index (χ1n) is 10.0. The Morgan fingerprint density at radius 2 is 1.77 bits per heavy atom. The highest BCUT2D eigenvalue weighted by Crippen LogP contribution is 2.37. The maximum atomic E-state index is 5.75. The van der Waals surface area contributed by atoms with Crippen LogP contribution in [-0.2, 0) is 4.74 Å². The quantitative estimate of drug-likeness (QED) is 0.265. The minimum atomic E-state index is 0.495. The van der Waals surface area contributed by atoms with Crippen LogP contribution in [-0.4, -0.2) is 13.2 Å². The van der Waals surface area contributed by atoms with E-state index in [4.69, 9.17) is 4.74 Å². The van der Waals surface area contributed by atoms with Gasteiger partial charge < -0.3 is 4.74 Å². The molecule has 1 aliphatic rings. The summed E-state index contributed by atoms with van der Waals surface area (Å²) < 4.78 is 5.75. The van der Waals surface area contributed by atoms with E-state index >= 15 is 0 Å². The molecule has 1 unspecified atom stereocenters. The number of unbranched alkanes of at least 4 members (excludes halogenated alkanes) is 6. The summed E-state index contributed by atoms with van der Waals surface area (Å²) in [6, 6.07) is 0. The minimum Gasteiger partial charge on any atom is -0.381 e. The third-order valence-corrected chi connectivity index (χ3v) is 5.35. The van der Waals surface area contributed by atoms with Gasteiger partial charge in [-0.1, -0.05) is 70.9 Å². The van der Waals surface area contributed by atoms with Gasteiger partial charge in [0.25, 0.3) is 0 Å². The van der Waals surface area contributed by atoms with E-state index in [9.17, 15) is 0 Å². The number of allylic oxidation sites excluding steroid dienone is 2. The molecule has 1 aliphatic carbocycles. The van der Waals surface area contributed by atoms with E-state index in [0.29, 0.717) is 6.10 Å². The molecule has 1 rings (SSSR count). The number of methoxy groups -OCH3 is 1. The fraction of sp³-hybridized carbons (Fsp3) is 0.905. The number of ether oxygens (including phenoxy) is 1. The van der Waals surface area contributed by atoms with Crippen molar-refractivity contribution >= 4 is 0 Å². The zero-order valence-electron chi connectivity index (χ0n) is 15.5. The van der Waals surface area contributed by atoms with E-state index in [2.05, 4.69) is 26.0 Å². The molecule has 0 aromatic carbocycles. The molecule has 22 heavy (non-hydrogen) atoms. The molecule has 0 bridgehead atoms. The standard InChI is InChI=1S/C21H40O/c1-4-6-8-9-10-12-14-19-15-13-16-20(19)18-21(22-3)17-11-7-5-2/h12,14,19-21H,4-11,13,15-18H2,1-3H3/t19-,20+,21?/m0/s1. The fourth-order valence-electron chi connectivity index (χ4n) is 3.86. The molecule has 0 N–H and O–H groups in total. The molecule has 1 saturated carbocycles. The predicted molar refractivity (Wildman–Crippen MR) is 98.3 cm³/mol. The lowest BCUT2D eigenvalue weighted by atomic mass is 9.88. The van der Waals surface area contributed by atoms with Crippen LogP contribution in [0.3, 0.4) is 0 Å². The molecule has 0 spiro atoms. The first-order chi connectivity index (χ1) is 10.8. The van der Waals surface area contributed by atoms with Gasteiger partial charge in [0, 0.05) is 7.11 Å². The van der Waals surface area contributed by atoms with Gasteiger partial charge in [0.05, 0.1) is 6.10 Å².